The van der Waals surface area contributed by atoms with E-state index in [1.807, 2.05) is 24.3 Å². The first-order chi connectivity index (χ1) is 9.60. The van der Waals surface area contributed by atoms with Crippen LogP contribution in [0.1, 0.15) is 18.4 Å². The molecule has 1 saturated heterocycles. The topological polar surface area (TPSA) is 66.8 Å². The summed E-state index contributed by atoms with van der Waals surface area (Å²) < 4.78 is 5.14. The second-order valence-electron chi connectivity index (χ2n) is 5.02. The predicted octanol–water partition coefficient (Wildman–Crippen LogP) is 1.56. The molecule has 0 aliphatic carbocycles. The van der Waals surface area contributed by atoms with Gasteiger partial charge in [-0.25, -0.2) is 0 Å². The third kappa shape index (κ3) is 3.50. The number of ether oxygens (including phenoxy) is 1. The standard InChI is InChI=1S/C15H19NO4/c1-20-13-4-2-3-11(9-13)5-6-14(17)16-8-7-12(10-16)15(18)19/h2-4,9,12H,5-8,10H2,1H3,(H,18,19)/t12-/m0/s1. The van der Waals surface area contributed by atoms with E-state index in [4.69, 9.17) is 9.84 Å². The van der Waals surface area contributed by atoms with Crippen LogP contribution < -0.4 is 4.74 Å². The Balaban J connectivity index is 1.85. The Morgan fingerprint density at radius 1 is 1.45 bits per heavy atom. The molecule has 108 valence electrons. The minimum absolute atomic E-state index is 0.0246. The van der Waals surface area contributed by atoms with Gasteiger partial charge in [-0.15, -0.1) is 0 Å². The Labute approximate surface area is 118 Å². The van der Waals surface area contributed by atoms with Crippen molar-refractivity contribution < 1.29 is 19.4 Å². The van der Waals surface area contributed by atoms with Crippen LogP contribution in [-0.4, -0.2) is 42.1 Å². The number of likely N-dealkylation sites (tertiary alicyclic amines) is 1. The minimum Gasteiger partial charge on any atom is -0.497 e. The minimum atomic E-state index is -0.812. The molecule has 0 unspecified atom stereocenters. The number of carboxylic acid groups (broad SMARTS) is 1. The van der Waals surface area contributed by atoms with E-state index in [2.05, 4.69) is 0 Å². The first-order valence-corrected chi connectivity index (χ1v) is 6.73. The van der Waals surface area contributed by atoms with Crippen molar-refractivity contribution in [1.29, 1.82) is 0 Å². The van der Waals surface area contributed by atoms with Crippen LogP contribution >= 0.6 is 0 Å². The number of carboxylic acids is 1. The fraction of sp³-hybridized carbons (Fsp3) is 0.467. The van der Waals surface area contributed by atoms with E-state index >= 15 is 0 Å². The quantitative estimate of drug-likeness (QED) is 0.887. The van der Waals surface area contributed by atoms with Gasteiger partial charge < -0.3 is 14.7 Å². The Morgan fingerprint density at radius 2 is 2.25 bits per heavy atom. The molecule has 1 N–H and O–H groups in total. The zero-order chi connectivity index (χ0) is 14.5. The molecule has 1 aromatic rings. The summed E-state index contributed by atoms with van der Waals surface area (Å²) >= 11 is 0. The van der Waals surface area contributed by atoms with Crippen LogP contribution in [0.4, 0.5) is 0 Å². The number of carbonyl (C=O) groups is 2. The van der Waals surface area contributed by atoms with Crippen LogP contribution in [0, 0.1) is 5.92 Å². The van der Waals surface area contributed by atoms with Crippen LogP contribution in [0.15, 0.2) is 24.3 Å². The van der Waals surface area contributed by atoms with Crippen LogP contribution in [0.5, 0.6) is 5.75 Å². The molecule has 20 heavy (non-hydrogen) atoms. The van der Waals surface area contributed by atoms with Crippen molar-refractivity contribution in [2.24, 2.45) is 5.92 Å². The lowest BCUT2D eigenvalue weighted by molar-refractivity contribution is -0.141. The van der Waals surface area contributed by atoms with Gasteiger partial charge in [0.2, 0.25) is 5.91 Å². The zero-order valence-corrected chi connectivity index (χ0v) is 11.5. The lowest BCUT2D eigenvalue weighted by atomic mass is 10.1. The number of carbonyl (C=O) groups excluding carboxylic acids is 1. The lowest BCUT2D eigenvalue weighted by Gasteiger charge is -2.15. The first-order valence-electron chi connectivity index (χ1n) is 6.73. The van der Waals surface area contributed by atoms with Crippen molar-refractivity contribution in [3.63, 3.8) is 0 Å². The number of amides is 1. The van der Waals surface area contributed by atoms with E-state index in [0.717, 1.165) is 11.3 Å². The van der Waals surface area contributed by atoms with Crippen molar-refractivity contribution in [3.05, 3.63) is 29.8 Å². The summed E-state index contributed by atoms with van der Waals surface area (Å²) in [5, 5.41) is 8.93. The van der Waals surface area contributed by atoms with Crippen molar-refractivity contribution in [2.45, 2.75) is 19.3 Å². The normalized spacial score (nSPS) is 18.1. The van der Waals surface area contributed by atoms with E-state index in [1.165, 1.54) is 0 Å². The monoisotopic (exact) mass is 277 g/mol. The number of benzene rings is 1. The van der Waals surface area contributed by atoms with Gasteiger partial charge in [-0.2, -0.15) is 0 Å². The SMILES string of the molecule is COc1cccc(CCC(=O)N2CC[C@H](C(=O)O)C2)c1. The van der Waals surface area contributed by atoms with Crippen LogP contribution in [0.2, 0.25) is 0 Å². The van der Waals surface area contributed by atoms with Crippen LogP contribution in [0.25, 0.3) is 0 Å². The van der Waals surface area contributed by atoms with E-state index in [1.54, 1.807) is 12.0 Å². The van der Waals surface area contributed by atoms with Crippen molar-refractivity contribution in [2.75, 3.05) is 20.2 Å². The zero-order valence-electron chi connectivity index (χ0n) is 11.5. The third-order valence-corrected chi connectivity index (χ3v) is 3.65. The summed E-state index contributed by atoms with van der Waals surface area (Å²) in [5.74, 6) is -0.414. The van der Waals surface area contributed by atoms with E-state index in [-0.39, 0.29) is 5.91 Å². The van der Waals surface area contributed by atoms with E-state index < -0.39 is 11.9 Å². The molecule has 1 aliphatic heterocycles. The van der Waals surface area contributed by atoms with Gasteiger partial charge in [-0.05, 0) is 30.5 Å². The van der Waals surface area contributed by atoms with Gasteiger partial charge in [-0.3, -0.25) is 9.59 Å². The summed E-state index contributed by atoms with van der Waals surface area (Å²) in [6.07, 6.45) is 1.60. The summed E-state index contributed by atoms with van der Waals surface area (Å²) in [5.41, 5.74) is 1.05. The molecule has 1 aromatic carbocycles. The number of rotatable bonds is 5. The average molecular weight is 277 g/mol. The van der Waals surface area contributed by atoms with Crippen molar-refractivity contribution in [1.82, 2.24) is 4.90 Å². The third-order valence-electron chi connectivity index (χ3n) is 3.65. The molecule has 0 spiro atoms. The fourth-order valence-corrected chi connectivity index (χ4v) is 2.43. The number of nitrogens with zero attached hydrogens (tertiary/aromatic N) is 1. The smallest absolute Gasteiger partial charge is 0.308 e. The largest absolute Gasteiger partial charge is 0.497 e. The Bertz CT molecular complexity index is 500. The maximum Gasteiger partial charge on any atom is 0.308 e. The Hall–Kier alpha value is -2.04. The van der Waals surface area contributed by atoms with Gasteiger partial charge in [0.05, 0.1) is 13.0 Å². The Morgan fingerprint density at radius 3 is 2.90 bits per heavy atom. The predicted molar refractivity (Wildman–Crippen MR) is 73.6 cm³/mol. The van der Waals surface area contributed by atoms with E-state index in [9.17, 15) is 9.59 Å². The molecule has 5 nitrogen and oxygen atoms in total. The molecular weight excluding hydrogens is 258 g/mol. The highest BCUT2D eigenvalue weighted by molar-refractivity contribution is 5.79. The molecule has 0 bridgehead atoms. The summed E-state index contributed by atoms with van der Waals surface area (Å²) in [6.45, 7) is 0.889. The molecule has 1 heterocycles. The summed E-state index contributed by atoms with van der Waals surface area (Å²) in [7, 11) is 1.61. The molecule has 1 aliphatic rings. The molecule has 0 aromatic heterocycles. The van der Waals surface area contributed by atoms with Crippen molar-refractivity contribution in [3.8, 4) is 5.75 Å². The molecule has 5 heteroatoms. The number of hydrogen-bond acceptors (Lipinski definition) is 3. The highest BCUT2D eigenvalue weighted by Crippen LogP contribution is 2.19. The van der Waals surface area contributed by atoms with Gasteiger partial charge in [0.15, 0.2) is 0 Å². The maximum atomic E-state index is 12.0. The molecule has 2 rings (SSSR count). The van der Waals surface area contributed by atoms with Gasteiger partial charge in [0.25, 0.3) is 0 Å². The van der Waals surface area contributed by atoms with Gasteiger partial charge >= 0.3 is 5.97 Å². The second kappa shape index (κ2) is 6.41. The van der Waals surface area contributed by atoms with Crippen LogP contribution in [-0.2, 0) is 16.0 Å². The van der Waals surface area contributed by atoms with Gasteiger partial charge in [-0.1, -0.05) is 12.1 Å². The summed E-state index contributed by atoms with van der Waals surface area (Å²) in [6, 6.07) is 7.63. The van der Waals surface area contributed by atoms with Gasteiger partial charge in [0.1, 0.15) is 5.75 Å². The number of hydrogen-bond donors (Lipinski definition) is 1. The number of aliphatic carboxylic acids is 1. The molecule has 1 atom stereocenters. The lowest BCUT2D eigenvalue weighted by Crippen LogP contribution is -2.30. The molecule has 0 radical (unpaired) electrons. The van der Waals surface area contributed by atoms with Crippen LogP contribution in [0.3, 0.4) is 0 Å². The first kappa shape index (κ1) is 14.4. The molecule has 0 saturated carbocycles. The molecule has 1 fully saturated rings. The second-order valence-corrected chi connectivity index (χ2v) is 5.02. The maximum absolute atomic E-state index is 12.0. The highest BCUT2D eigenvalue weighted by atomic mass is 16.5. The fourth-order valence-electron chi connectivity index (χ4n) is 2.43. The Kier molecular flexibility index (Phi) is 4.61. The molecule has 1 amide bonds. The summed E-state index contributed by atoms with van der Waals surface area (Å²) in [4.78, 5) is 24.6. The highest BCUT2D eigenvalue weighted by Gasteiger charge is 2.30. The molecular formula is C15H19NO4. The average Bonchev–Trinajstić information content (AvgIpc) is 2.95. The van der Waals surface area contributed by atoms with Crippen molar-refractivity contribution >= 4 is 11.9 Å². The van der Waals surface area contributed by atoms with E-state index in [0.29, 0.717) is 32.4 Å². The number of methoxy groups -OCH3 is 1. The number of aryl methyl sites for hydroxylation is 1. The van der Waals surface area contributed by atoms with Gasteiger partial charge in [0, 0.05) is 19.5 Å².